The number of fused-ring (bicyclic) bond motifs is 5. The first kappa shape index (κ1) is 21.4. The lowest BCUT2D eigenvalue weighted by Crippen LogP contribution is -2.46. The molecule has 3 fully saturated rings. The molecule has 162 valence electrons. The van der Waals surface area contributed by atoms with Crippen molar-refractivity contribution in [3.8, 4) is 0 Å². The molecule has 0 spiro atoms. The second-order valence-corrected chi connectivity index (χ2v) is 11.9. The first-order valence-electron chi connectivity index (χ1n) is 12.4. The van der Waals surface area contributed by atoms with E-state index >= 15 is 0 Å². The zero-order valence-electron chi connectivity index (χ0n) is 19.7. The highest BCUT2D eigenvalue weighted by molar-refractivity contribution is 5.39. The molecule has 1 N–H and O–H groups in total. The lowest BCUT2D eigenvalue weighted by Gasteiger charge is -2.55. The van der Waals surface area contributed by atoms with Gasteiger partial charge in [-0.3, -0.25) is 0 Å². The Morgan fingerprint density at radius 2 is 1.69 bits per heavy atom. The quantitative estimate of drug-likeness (QED) is 0.493. The molecule has 0 heterocycles. The lowest BCUT2D eigenvalue weighted by molar-refractivity contribution is 0.0382. The average molecular weight is 397 g/mol. The van der Waals surface area contributed by atoms with Gasteiger partial charge in [0, 0.05) is 0 Å². The fourth-order valence-corrected chi connectivity index (χ4v) is 7.59. The highest BCUT2D eigenvalue weighted by Crippen LogP contribution is 2.65. The molecule has 4 rings (SSSR count). The fourth-order valence-electron chi connectivity index (χ4n) is 7.59. The summed E-state index contributed by atoms with van der Waals surface area (Å²) >= 11 is 0. The van der Waals surface area contributed by atoms with Crippen molar-refractivity contribution in [3.63, 3.8) is 0 Å². The van der Waals surface area contributed by atoms with Crippen LogP contribution in [-0.4, -0.2) is 11.2 Å². The Bertz CT molecular complexity index is 712. The molecule has 0 aromatic carbocycles. The summed E-state index contributed by atoms with van der Waals surface area (Å²) in [4.78, 5) is 0. The highest BCUT2D eigenvalue weighted by atomic mass is 16.3. The largest absolute Gasteiger partial charge is 0.393 e. The van der Waals surface area contributed by atoms with E-state index in [0.717, 1.165) is 36.5 Å². The van der Waals surface area contributed by atoms with Crippen LogP contribution in [0.5, 0.6) is 0 Å². The van der Waals surface area contributed by atoms with E-state index in [1.54, 1.807) is 5.57 Å². The summed E-state index contributed by atoms with van der Waals surface area (Å²) < 4.78 is 0. The number of hydrogen-bond donors (Lipinski definition) is 1. The Labute approximate surface area is 179 Å². The van der Waals surface area contributed by atoms with Crippen LogP contribution in [0.3, 0.4) is 0 Å². The minimum atomic E-state index is -0.116. The molecule has 4 aliphatic carbocycles. The molecule has 1 heteroatoms. The normalized spacial score (nSPS) is 44.0. The van der Waals surface area contributed by atoms with Gasteiger partial charge in [-0.2, -0.15) is 0 Å². The predicted molar refractivity (Wildman–Crippen MR) is 123 cm³/mol. The number of aliphatic hydroxyl groups excluding tert-OH is 1. The third kappa shape index (κ3) is 3.50. The van der Waals surface area contributed by atoms with Crippen molar-refractivity contribution >= 4 is 0 Å². The Morgan fingerprint density at radius 1 is 0.931 bits per heavy atom. The number of rotatable bonds is 4. The summed E-state index contributed by atoms with van der Waals surface area (Å²) in [5.41, 5.74) is 4.07. The molecular weight excluding hydrogens is 352 g/mol. The summed E-state index contributed by atoms with van der Waals surface area (Å²) in [6, 6.07) is 0. The predicted octanol–water partition coefficient (Wildman–Crippen LogP) is 7.33. The molecule has 0 radical (unpaired) electrons. The topological polar surface area (TPSA) is 20.2 Å². The van der Waals surface area contributed by atoms with E-state index in [1.165, 1.54) is 37.7 Å². The van der Waals surface area contributed by atoms with Gasteiger partial charge in [-0.15, -0.1) is 0 Å². The van der Waals surface area contributed by atoms with E-state index in [4.69, 9.17) is 0 Å². The first-order valence-corrected chi connectivity index (χ1v) is 12.4. The van der Waals surface area contributed by atoms with Crippen molar-refractivity contribution in [1.29, 1.82) is 0 Å². The summed E-state index contributed by atoms with van der Waals surface area (Å²) in [7, 11) is 0. The van der Waals surface area contributed by atoms with Crippen molar-refractivity contribution in [2.75, 3.05) is 0 Å². The van der Waals surface area contributed by atoms with Gasteiger partial charge >= 0.3 is 0 Å². The number of hydrogen-bond acceptors (Lipinski definition) is 1. The minimum Gasteiger partial charge on any atom is -0.393 e. The van der Waals surface area contributed by atoms with Gasteiger partial charge in [0.2, 0.25) is 0 Å². The molecule has 0 aromatic rings. The van der Waals surface area contributed by atoms with Crippen molar-refractivity contribution in [1.82, 2.24) is 0 Å². The zero-order valence-corrected chi connectivity index (χ0v) is 19.7. The van der Waals surface area contributed by atoms with Gasteiger partial charge < -0.3 is 5.11 Å². The van der Waals surface area contributed by atoms with Gasteiger partial charge in [0.05, 0.1) is 6.10 Å². The van der Waals surface area contributed by atoms with E-state index in [-0.39, 0.29) is 6.10 Å². The standard InChI is InChI=1S/C28H44O/c1-18(2)19(3)7-8-20(4)24-11-12-25-23-10-9-21-17-22(29)13-15-27(21,5)26(23)14-16-28(24,25)6/h7-10,18-20,22,24-26,29H,11-17H2,1-6H3/b8-7-/t19-,20+,22-,24-,25+,26+,27-,28-/m0/s1. The molecule has 1 nitrogen and oxygen atoms in total. The summed E-state index contributed by atoms with van der Waals surface area (Å²) in [5, 5.41) is 10.2. The third-order valence-corrected chi connectivity index (χ3v) is 10.0. The fraction of sp³-hybridized carbons (Fsp3) is 0.786. The summed E-state index contributed by atoms with van der Waals surface area (Å²) in [5.74, 6) is 4.38. The molecular formula is C28H44O. The molecule has 8 atom stereocenters. The molecule has 4 aliphatic rings. The number of allylic oxidation sites excluding steroid dienone is 5. The molecule has 29 heavy (non-hydrogen) atoms. The van der Waals surface area contributed by atoms with Crippen LogP contribution in [0.15, 0.2) is 35.5 Å². The van der Waals surface area contributed by atoms with Crippen LogP contribution in [0.2, 0.25) is 0 Å². The summed E-state index contributed by atoms with van der Waals surface area (Å²) in [6.07, 6.45) is 18.4. The third-order valence-electron chi connectivity index (χ3n) is 10.0. The van der Waals surface area contributed by atoms with Gasteiger partial charge in [0.15, 0.2) is 0 Å². The zero-order chi connectivity index (χ0) is 21.0. The van der Waals surface area contributed by atoms with Crippen molar-refractivity contribution in [2.45, 2.75) is 92.6 Å². The van der Waals surface area contributed by atoms with Gasteiger partial charge in [0.1, 0.15) is 0 Å². The van der Waals surface area contributed by atoms with Crippen LogP contribution in [-0.2, 0) is 0 Å². The molecule has 0 aromatic heterocycles. The average Bonchev–Trinajstić information content (AvgIpc) is 3.03. The SMILES string of the molecule is CC(C)[C@@H](C)/C=C\[C@@H](C)[C@@H]1CC[C@@H]2C3=CC=C4C[C@@H](O)CC[C@]4(C)[C@@H]3CC[C@]21C. The van der Waals surface area contributed by atoms with E-state index in [1.807, 2.05) is 0 Å². The van der Waals surface area contributed by atoms with Crippen LogP contribution in [0, 0.1) is 46.3 Å². The van der Waals surface area contributed by atoms with E-state index in [2.05, 4.69) is 65.8 Å². The molecule has 0 saturated heterocycles. The van der Waals surface area contributed by atoms with Crippen LogP contribution < -0.4 is 0 Å². The van der Waals surface area contributed by atoms with E-state index in [0.29, 0.717) is 22.7 Å². The summed E-state index contributed by atoms with van der Waals surface area (Å²) in [6.45, 7) is 14.6. The lowest BCUT2D eigenvalue weighted by atomic mass is 9.50. The van der Waals surface area contributed by atoms with Crippen LogP contribution >= 0.6 is 0 Å². The Kier molecular flexibility index (Phi) is 5.69. The highest BCUT2D eigenvalue weighted by Gasteiger charge is 2.56. The van der Waals surface area contributed by atoms with E-state index in [9.17, 15) is 5.11 Å². The van der Waals surface area contributed by atoms with Crippen LogP contribution in [0.1, 0.15) is 86.5 Å². The number of aliphatic hydroxyl groups is 1. The Hall–Kier alpha value is -0.820. The maximum Gasteiger partial charge on any atom is 0.0578 e. The van der Waals surface area contributed by atoms with E-state index < -0.39 is 0 Å². The molecule has 0 bridgehead atoms. The Morgan fingerprint density at radius 3 is 2.41 bits per heavy atom. The smallest absolute Gasteiger partial charge is 0.0578 e. The van der Waals surface area contributed by atoms with Gasteiger partial charge in [0.25, 0.3) is 0 Å². The van der Waals surface area contributed by atoms with Gasteiger partial charge in [-0.1, -0.05) is 77.0 Å². The first-order chi connectivity index (χ1) is 13.7. The van der Waals surface area contributed by atoms with Gasteiger partial charge in [-0.05, 0) is 91.3 Å². The van der Waals surface area contributed by atoms with Crippen LogP contribution in [0.4, 0.5) is 0 Å². The molecule has 3 saturated carbocycles. The van der Waals surface area contributed by atoms with Crippen LogP contribution in [0.25, 0.3) is 0 Å². The van der Waals surface area contributed by atoms with Crippen molar-refractivity contribution < 1.29 is 5.11 Å². The molecule has 0 aliphatic heterocycles. The molecule has 0 amide bonds. The molecule has 0 unspecified atom stereocenters. The monoisotopic (exact) mass is 396 g/mol. The maximum atomic E-state index is 10.2. The maximum absolute atomic E-state index is 10.2. The van der Waals surface area contributed by atoms with Crippen molar-refractivity contribution in [3.05, 3.63) is 35.5 Å². The second-order valence-electron chi connectivity index (χ2n) is 11.9. The second kappa shape index (κ2) is 7.70. The van der Waals surface area contributed by atoms with Crippen molar-refractivity contribution in [2.24, 2.45) is 46.3 Å². The minimum absolute atomic E-state index is 0.116. The van der Waals surface area contributed by atoms with Gasteiger partial charge in [-0.25, -0.2) is 0 Å². The Balaban J connectivity index is 1.57.